The van der Waals surface area contributed by atoms with Gasteiger partial charge < -0.3 is 19.5 Å². The van der Waals surface area contributed by atoms with Crippen LogP contribution >= 0.6 is 0 Å². The number of carbonyl (C=O) groups is 1. The second-order valence-electron chi connectivity index (χ2n) is 8.07. The van der Waals surface area contributed by atoms with Crippen molar-refractivity contribution in [1.29, 1.82) is 0 Å². The van der Waals surface area contributed by atoms with Crippen LogP contribution < -0.4 is 19.5 Å². The van der Waals surface area contributed by atoms with Crippen molar-refractivity contribution in [3.05, 3.63) is 89.5 Å². The summed E-state index contributed by atoms with van der Waals surface area (Å²) in [5.74, 6) is 2.58. The molecule has 1 amide bonds. The quantitative estimate of drug-likeness (QED) is 0.525. The maximum absolute atomic E-state index is 13.1. The first-order valence-corrected chi connectivity index (χ1v) is 10.6. The zero-order chi connectivity index (χ0) is 21.6. The fourth-order valence-electron chi connectivity index (χ4n) is 3.61. The highest BCUT2D eigenvalue weighted by Gasteiger charge is 2.21. The van der Waals surface area contributed by atoms with Gasteiger partial charge in [0.1, 0.15) is 12.4 Å². The molecule has 1 atom stereocenters. The third kappa shape index (κ3) is 5.37. The van der Waals surface area contributed by atoms with Gasteiger partial charge >= 0.3 is 0 Å². The summed E-state index contributed by atoms with van der Waals surface area (Å²) in [6, 6.07) is 22.9. The summed E-state index contributed by atoms with van der Waals surface area (Å²) >= 11 is 0. The molecular weight excluding hydrogens is 390 g/mol. The van der Waals surface area contributed by atoms with Crippen molar-refractivity contribution in [3.63, 3.8) is 0 Å². The normalized spacial score (nSPS) is 13.1. The Morgan fingerprint density at radius 2 is 1.77 bits per heavy atom. The van der Waals surface area contributed by atoms with E-state index < -0.39 is 0 Å². The predicted octanol–water partition coefficient (Wildman–Crippen LogP) is 5.51. The number of nitrogens with one attached hydrogen (secondary N) is 1. The van der Waals surface area contributed by atoms with Gasteiger partial charge in [-0.25, -0.2) is 0 Å². The van der Waals surface area contributed by atoms with Gasteiger partial charge in [0.05, 0.1) is 6.04 Å². The second kappa shape index (κ2) is 9.56. The van der Waals surface area contributed by atoms with E-state index in [0.29, 0.717) is 18.1 Å². The van der Waals surface area contributed by atoms with Gasteiger partial charge in [0.15, 0.2) is 11.5 Å². The molecule has 4 rings (SSSR count). The van der Waals surface area contributed by atoms with Crippen LogP contribution in [0.4, 0.5) is 0 Å². The van der Waals surface area contributed by atoms with Crippen LogP contribution in [-0.4, -0.2) is 12.7 Å². The highest BCUT2D eigenvalue weighted by Crippen LogP contribution is 2.35. The summed E-state index contributed by atoms with van der Waals surface area (Å²) in [7, 11) is 0. The minimum atomic E-state index is -0.119. The standard InChI is InChI=1S/C26H27NO4/c1-18(2)13-23(20-11-12-24-25(15-20)31-17-30-24)27-26(28)21-8-6-7-19(14-21)16-29-22-9-4-3-5-10-22/h3-12,14-15,18,23H,13,16-17H2,1-2H3,(H,27,28). The van der Waals surface area contributed by atoms with Gasteiger partial charge in [-0.3, -0.25) is 4.79 Å². The second-order valence-corrected chi connectivity index (χ2v) is 8.07. The monoisotopic (exact) mass is 417 g/mol. The average Bonchev–Trinajstić information content (AvgIpc) is 3.26. The van der Waals surface area contributed by atoms with E-state index in [2.05, 4.69) is 19.2 Å². The summed E-state index contributed by atoms with van der Waals surface area (Å²) in [6.45, 7) is 4.93. The largest absolute Gasteiger partial charge is 0.489 e. The van der Waals surface area contributed by atoms with Crippen LogP contribution in [0.1, 0.15) is 47.8 Å². The Balaban J connectivity index is 1.47. The van der Waals surface area contributed by atoms with E-state index in [9.17, 15) is 4.79 Å². The molecule has 1 unspecified atom stereocenters. The van der Waals surface area contributed by atoms with Crippen molar-refractivity contribution >= 4 is 5.91 Å². The van der Waals surface area contributed by atoms with Crippen LogP contribution in [0, 0.1) is 5.92 Å². The summed E-state index contributed by atoms with van der Waals surface area (Å²) in [5.41, 5.74) is 2.57. The fraction of sp³-hybridized carbons (Fsp3) is 0.269. The zero-order valence-corrected chi connectivity index (χ0v) is 17.8. The van der Waals surface area contributed by atoms with Crippen molar-refractivity contribution in [1.82, 2.24) is 5.32 Å². The van der Waals surface area contributed by atoms with Crippen LogP contribution in [0.25, 0.3) is 0 Å². The van der Waals surface area contributed by atoms with Gasteiger partial charge in [0.25, 0.3) is 5.91 Å². The molecule has 1 aliphatic heterocycles. The number of benzene rings is 3. The number of amides is 1. The lowest BCUT2D eigenvalue weighted by Gasteiger charge is -2.22. The lowest BCUT2D eigenvalue weighted by atomic mass is 9.96. The maximum atomic E-state index is 13.1. The van der Waals surface area contributed by atoms with Crippen LogP contribution in [0.5, 0.6) is 17.2 Å². The highest BCUT2D eigenvalue weighted by molar-refractivity contribution is 5.94. The molecule has 5 heteroatoms. The van der Waals surface area contributed by atoms with Crippen molar-refractivity contribution in [3.8, 4) is 17.2 Å². The van der Waals surface area contributed by atoms with E-state index in [1.165, 1.54) is 0 Å². The van der Waals surface area contributed by atoms with Crippen molar-refractivity contribution < 1.29 is 19.0 Å². The molecule has 31 heavy (non-hydrogen) atoms. The average molecular weight is 418 g/mol. The third-order valence-electron chi connectivity index (χ3n) is 5.15. The Labute approximate surface area is 183 Å². The summed E-state index contributed by atoms with van der Waals surface area (Å²) in [5, 5.41) is 3.20. The topological polar surface area (TPSA) is 56.8 Å². The number of ether oxygens (including phenoxy) is 3. The Kier molecular flexibility index (Phi) is 6.41. The summed E-state index contributed by atoms with van der Waals surface area (Å²) in [6.07, 6.45) is 0.822. The van der Waals surface area contributed by atoms with Crippen LogP contribution in [0.3, 0.4) is 0 Å². The van der Waals surface area contributed by atoms with E-state index in [-0.39, 0.29) is 18.7 Å². The Morgan fingerprint density at radius 1 is 0.968 bits per heavy atom. The molecule has 0 fully saturated rings. The highest BCUT2D eigenvalue weighted by atomic mass is 16.7. The number of rotatable bonds is 8. The number of fused-ring (bicyclic) bond motifs is 1. The molecule has 1 heterocycles. The number of hydrogen-bond donors (Lipinski definition) is 1. The lowest BCUT2D eigenvalue weighted by Crippen LogP contribution is -2.29. The molecule has 3 aromatic carbocycles. The number of para-hydroxylation sites is 1. The minimum Gasteiger partial charge on any atom is -0.489 e. The molecule has 3 aromatic rings. The van der Waals surface area contributed by atoms with Crippen LogP contribution in [0.2, 0.25) is 0 Å². The third-order valence-corrected chi connectivity index (χ3v) is 5.15. The van der Waals surface area contributed by atoms with Gasteiger partial charge in [-0.1, -0.05) is 50.2 Å². The molecule has 0 spiro atoms. The molecule has 0 saturated carbocycles. The van der Waals surface area contributed by atoms with Crippen molar-refractivity contribution in [2.45, 2.75) is 32.9 Å². The molecule has 5 nitrogen and oxygen atoms in total. The zero-order valence-electron chi connectivity index (χ0n) is 17.8. The molecule has 0 bridgehead atoms. The lowest BCUT2D eigenvalue weighted by molar-refractivity contribution is 0.0931. The van der Waals surface area contributed by atoms with Gasteiger partial charge in [0, 0.05) is 5.56 Å². The van der Waals surface area contributed by atoms with E-state index in [0.717, 1.165) is 34.8 Å². The van der Waals surface area contributed by atoms with E-state index in [1.807, 2.05) is 72.8 Å². The first kappa shape index (κ1) is 20.8. The number of hydrogen-bond acceptors (Lipinski definition) is 4. The molecule has 0 saturated heterocycles. The first-order chi connectivity index (χ1) is 15.1. The van der Waals surface area contributed by atoms with Gasteiger partial charge in [0.2, 0.25) is 6.79 Å². The summed E-state index contributed by atoms with van der Waals surface area (Å²) < 4.78 is 16.7. The van der Waals surface area contributed by atoms with E-state index in [4.69, 9.17) is 14.2 Å². The molecule has 0 radical (unpaired) electrons. The Hall–Kier alpha value is -3.47. The Morgan fingerprint density at radius 3 is 2.58 bits per heavy atom. The van der Waals surface area contributed by atoms with Crippen molar-refractivity contribution in [2.24, 2.45) is 5.92 Å². The van der Waals surface area contributed by atoms with Gasteiger partial charge in [-0.2, -0.15) is 0 Å². The summed E-state index contributed by atoms with van der Waals surface area (Å²) in [4.78, 5) is 13.1. The van der Waals surface area contributed by atoms with Crippen LogP contribution in [0.15, 0.2) is 72.8 Å². The molecule has 1 aliphatic rings. The van der Waals surface area contributed by atoms with Gasteiger partial charge in [-0.15, -0.1) is 0 Å². The van der Waals surface area contributed by atoms with Crippen molar-refractivity contribution in [2.75, 3.05) is 6.79 Å². The maximum Gasteiger partial charge on any atom is 0.251 e. The van der Waals surface area contributed by atoms with Crippen LogP contribution in [-0.2, 0) is 6.61 Å². The Bertz CT molecular complexity index is 1030. The first-order valence-electron chi connectivity index (χ1n) is 10.6. The molecule has 160 valence electrons. The number of carbonyl (C=O) groups excluding carboxylic acids is 1. The predicted molar refractivity (Wildman–Crippen MR) is 119 cm³/mol. The van der Waals surface area contributed by atoms with Gasteiger partial charge in [-0.05, 0) is 59.9 Å². The molecule has 1 N–H and O–H groups in total. The molecular formula is C26H27NO4. The molecule has 0 aromatic heterocycles. The fourth-order valence-corrected chi connectivity index (χ4v) is 3.61. The SMILES string of the molecule is CC(C)CC(NC(=O)c1cccc(COc2ccccc2)c1)c1ccc2c(c1)OCO2. The minimum absolute atomic E-state index is 0.107. The molecule has 0 aliphatic carbocycles. The van der Waals surface area contributed by atoms with E-state index in [1.54, 1.807) is 0 Å². The smallest absolute Gasteiger partial charge is 0.251 e. The van der Waals surface area contributed by atoms with E-state index >= 15 is 0 Å².